The van der Waals surface area contributed by atoms with Gasteiger partial charge in [-0.05, 0) is 31.8 Å². The molecule has 0 heterocycles. The lowest BCUT2D eigenvalue weighted by Gasteiger charge is -2.01. The number of rotatable bonds is 6. The molecule has 0 saturated heterocycles. The minimum Gasteiger partial charge on any atom is -0.440 e. The van der Waals surface area contributed by atoms with E-state index in [0.29, 0.717) is 0 Å². The molecule has 0 fully saturated rings. The lowest BCUT2D eigenvalue weighted by Crippen LogP contribution is -1.95. The number of hydrogen-bond donors (Lipinski definition) is 0. The number of halogens is 2. The van der Waals surface area contributed by atoms with Gasteiger partial charge in [-0.25, -0.2) is 0 Å². The zero-order valence-electron chi connectivity index (χ0n) is 14.0. The molecule has 0 aromatic carbocycles. The summed E-state index contributed by atoms with van der Waals surface area (Å²) in [4.78, 5) is 0. The molecular formula is C17H32F2O. The minimum absolute atomic E-state index is 0.167. The molecule has 0 aromatic rings. The SMILES string of the molecule is C=C/C=C(\C)OC(F)F.CC/C=C\CC.CCC(C)C. The monoisotopic (exact) mass is 290 g/mol. The van der Waals surface area contributed by atoms with Gasteiger partial charge in [0.2, 0.25) is 0 Å². The Morgan fingerprint density at radius 3 is 1.70 bits per heavy atom. The van der Waals surface area contributed by atoms with Gasteiger partial charge in [-0.3, -0.25) is 0 Å². The third-order valence-corrected chi connectivity index (χ3v) is 2.08. The van der Waals surface area contributed by atoms with Gasteiger partial charge in [-0.15, -0.1) is 0 Å². The van der Waals surface area contributed by atoms with E-state index in [4.69, 9.17) is 0 Å². The largest absolute Gasteiger partial charge is 0.440 e. The molecular weight excluding hydrogens is 258 g/mol. The fourth-order valence-electron chi connectivity index (χ4n) is 0.679. The average Bonchev–Trinajstić information content (AvgIpc) is 2.37. The molecule has 0 amide bonds. The average molecular weight is 290 g/mol. The van der Waals surface area contributed by atoms with Crippen LogP contribution in [-0.4, -0.2) is 6.61 Å². The van der Waals surface area contributed by atoms with Gasteiger partial charge in [0.1, 0.15) is 0 Å². The summed E-state index contributed by atoms with van der Waals surface area (Å²) in [6.45, 7) is 12.9. The summed E-state index contributed by atoms with van der Waals surface area (Å²) in [6.07, 6.45) is 10.8. The molecule has 120 valence electrons. The zero-order valence-corrected chi connectivity index (χ0v) is 14.0. The van der Waals surface area contributed by atoms with Gasteiger partial charge in [0.15, 0.2) is 0 Å². The highest BCUT2D eigenvalue weighted by molar-refractivity contribution is 5.01. The molecule has 0 bridgehead atoms. The third-order valence-electron chi connectivity index (χ3n) is 2.08. The van der Waals surface area contributed by atoms with Crippen LogP contribution < -0.4 is 0 Å². The van der Waals surface area contributed by atoms with Crippen LogP contribution in [0, 0.1) is 5.92 Å². The van der Waals surface area contributed by atoms with Gasteiger partial charge in [-0.1, -0.05) is 65.8 Å². The first-order chi connectivity index (χ1) is 9.35. The molecule has 0 atom stereocenters. The highest BCUT2D eigenvalue weighted by atomic mass is 19.3. The fourth-order valence-corrected chi connectivity index (χ4v) is 0.679. The van der Waals surface area contributed by atoms with Crippen LogP contribution >= 0.6 is 0 Å². The van der Waals surface area contributed by atoms with Crippen LogP contribution in [0.5, 0.6) is 0 Å². The Bertz CT molecular complexity index is 237. The van der Waals surface area contributed by atoms with Crippen molar-refractivity contribution in [3.63, 3.8) is 0 Å². The fraction of sp³-hybridized carbons (Fsp3) is 0.647. The standard InChI is InChI=1S/C6H8F2O.C6H12.C5H12/c1-3-4-5(2)9-6(7)8;1-3-5-6-4-2;1-4-5(2)3/h3-4,6H,1H2,2H3;5-6H,3-4H2,1-2H3;5H,4H2,1-3H3/b5-4+;6-5-;. The Kier molecular flexibility index (Phi) is 24.2. The van der Waals surface area contributed by atoms with Gasteiger partial charge in [-0.2, -0.15) is 8.78 Å². The van der Waals surface area contributed by atoms with Crippen molar-refractivity contribution in [1.82, 2.24) is 0 Å². The predicted molar refractivity (Wildman–Crippen MR) is 85.9 cm³/mol. The second kappa shape index (κ2) is 20.2. The summed E-state index contributed by atoms with van der Waals surface area (Å²) in [6, 6.07) is 0. The van der Waals surface area contributed by atoms with Crippen LogP contribution in [0.15, 0.2) is 36.6 Å². The normalized spacial score (nSPS) is 10.8. The van der Waals surface area contributed by atoms with Crippen LogP contribution in [0.25, 0.3) is 0 Å². The highest BCUT2D eigenvalue weighted by Crippen LogP contribution is 2.03. The molecule has 3 heteroatoms. The van der Waals surface area contributed by atoms with Crippen molar-refractivity contribution < 1.29 is 13.5 Å². The van der Waals surface area contributed by atoms with Crippen molar-refractivity contribution in [3.8, 4) is 0 Å². The smallest absolute Gasteiger partial charge is 0.387 e. The second-order valence-electron chi connectivity index (χ2n) is 4.48. The predicted octanol–water partition coefficient (Wildman–Crippen LogP) is 6.73. The topological polar surface area (TPSA) is 9.23 Å². The molecule has 0 unspecified atom stereocenters. The van der Waals surface area contributed by atoms with Crippen LogP contribution in [0.4, 0.5) is 8.78 Å². The summed E-state index contributed by atoms with van der Waals surface area (Å²) in [5, 5.41) is 0. The molecule has 0 saturated carbocycles. The van der Waals surface area contributed by atoms with E-state index in [1.54, 1.807) is 0 Å². The summed E-state index contributed by atoms with van der Waals surface area (Å²) < 4.78 is 26.6. The van der Waals surface area contributed by atoms with Crippen molar-refractivity contribution in [2.75, 3.05) is 0 Å². The number of hydrogen-bond acceptors (Lipinski definition) is 1. The summed E-state index contributed by atoms with van der Waals surface area (Å²) in [5.41, 5.74) is 0. The van der Waals surface area contributed by atoms with Crippen molar-refractivity contribution >= 4 is 0 Å². The van der Waals surface area contributed by atoms with E-state index in [0.717, 1.165) is 5.92 Å². The van der Waals surface area contributed by atoms with E-state index in [9.17, 15) is 8.78 Å². The van der Waals surface area contributed by atoms with Gasteiger partial charge in [0.05, 0.1) is 5.76 Å². The molecule has 0 aromatic heterocycles. The first-order valence-corrected chi connectivity index (χ1v) is 7.24. The maximum atomic E-state index is 11.3. The summed E-state index contributed by atoms with van der Waals surface area (Å²) in [5.74, 6) is 1.05. The molecule has 0 aliphatic rings. The zero-order chi connectivity index (χ0) is 16.4. The summed E-state index contributed by atoms with van der Waals surface area (Å²) >= 11 is 0. The number of alkyl halides is 2. The number of ether oxygens (including phenoxy) is 1. The van der Waals surface area contributed by atoms with E-state index >= 15 is 0 Å². The lowest BCUT2D eigenvalue weighted by atomic mass is 10.2. The Balaban J connectivity index is -0.000000230. The minimum atomic E-state index is -2.74. The van der Waals surface area contributed by atoms with Gasteiger partial charge >= 0.3 is 6.61 Å². The maximum absolute atomic E-state index is 11.3. The highest BCUT2D eigenvalue weighted by Gasteiger charge is 1.99. The van der Waals surface area contributed by atoms with Gasteiger partial charge in [0, 0.05) is 0 Å². The van der Waals surface area contributed by atoms with Crippen molar-refractivity contribution in [3.05, 3.63) is 36.6 Å². The lowest BCUT2D eigenvalue weighted by molar-refractivity contribution is -0.0953. The Hall–Kier alpha value is -1.12. The Morgan fingerprint density at radius 2 is 1.50 bits per heavy atom. The van der Waals surface area contributed by atoms with Crippen molar-refractivity contribution in [2.24, 2.45) is 5.92 Å². The van der Waals surface area contributed by atoms with Crippen LogP contribution in [0.1, 0.15) is 60.8 Å². The third kappa shape index (κ3) is 36.0. The van der Waals surface area contributed by atoms with Crippen LogP contribution in [0.3, 0.4) is 0 Å². The van der Waals surface area contributed by atoms with Gasteiger partial charge in [0.25, 0.3) is 0 Å². The first-order valence-electron chi connectivity index (χ1n) is 7.24. The molecule has 0 aliphatic carbocycles. The van der Waals surface area contributed by atoms with Crippen molar-refractivity contribution in [1.29, 1.82) is 0 Å². The molecule has 0 spiro atoms. The summed E-state index contributed by atoms with van der Waals surface area (Å²) in [7, 11) is 0. The van der Waals surface area contributed by atoms with E-state index in [1.807, 2.05) is 0 Å². The molecule has 20 heavy (non-hydrogen) atoms. The molecule has 0 N–H and O–H groups in total. The Morgan fingerprint density at radius 1 is 1.10 bits per heavy atom. The maximum Gasteiger partial charge on any atom is 0.387 e. The number of allylic oxidation sites excluding steroid dienone is 5. The second-order valence-corrected chi connectivity index (χ2v) is 4.48. The van der Waals surface area contributed by atoms with E-state index in [-0.39, 0.29) is 5.76 Å². The molecule has 1 nitrogen and oxygen atoms in total. The van der Waals surface area contributed by atoms with Crippen molar-refractivity contribution in [2.45, 2.75) is 67.4 Å². The molecule has 0 radical (unpaired) electrons. The quantitative estimate of drug-likeness (QED) is 0.299. The van der Waals surface area contributed by atoms with Crippen LogP contribution in [-0.2, 0) is 4.74 Å². The molecule has 0 rings (SSSR count). The van der Waals surface area contributed by atoms with E-state index in [2.05, 4.69) is 58.1 Å². The molecule has 0 aliphatic heterocycles. The van der Waals surface area contributed by atoms with E-state index in [1.165, 1.54) is 38.3 Å². The Labute approximate surface area is 124 Å². The first kappa shape index (κ1) is 23.9. The van der Waals surface area contributed by atoms with Gasteiger partial charge < -0.3 is 4.74 Å². The van der Waals surface area contributed by atoms with Crippen LogP contribution in [0.2, 0.25) is 0 Å². The van der Waals surface area contributed by atoms with E-state index < -0.39 is 6.61 Å².